The van der Waals surface area contributed by atoms with Gasteiger partial charge in [0.1, 0.15) is 5.82 Å². The molecule has 0 heterocycles. The number of halogens is 6. The van der Waals surface area contributed by atoms with Gasteiger partial charge >= 0.3 is 6.18 Å². The molecule has 0 aliphatic heterocycles. The van der Waals surface area contributed by atoms with Gasteiger partial charge in [-0.3, -0.25) is 4.79 Å². The molecule has 2 aromatic rings. The van der Waals surface area contributed by atoms with Gasteiger partial charge in [-0.2, -0.15) is 13.2 Å². The second kappa shape index (κ2) is 6.14. The maximum Gasteiger partial charge on any atom is 0.417 e. The summed E-state index contributed by atoms with van der Waals surface area (Å²) in [7, 11) is 0. The number of rotatable bonds is 2. The molecule has 2 nitrogen and oxygen atoms in total. The van der Waals surface area contributed by atoms with Crippen LogP contribution in [0.2, 0.25) is 10.0 Å². The van der Waals surface area contributed by atoms with Gasteiger partial charge in [-0.25, -0.2) is 4.39 Å². The fraction of sp³-hybridized carbons (Fsp3) is 0.0714. The van der Waals surface area contributed by atoms with Crippen molar-refractivity contribution in [2.75, 3.05) is 5.32 Å². The van der Waals surface area contributed by atoms with Crippen molar-refractivity contribution in [1.29, 1.82) is 0 Å². The summed E-state index contributed by atoms with van der Waals surface area (Å²) in [6.07, 6.45) is -4.67. The summed E-state index contributed by atoms with van der Waals surface area (Å²) in [5.74, 6) is -1.84. The SMILES string of the molecule is O=C(Nc1ccc(Cl)c(C(F)(F)F)c1)c1c(F)cccc1Cl. The summed E-state index contributed by atoms with van der Waals surface area (Å²) in [6, 6.07) is 6.44. The summed E-state index contributed by atoms with van der Waals surface area (Å²) in [6.45, 7) is 0. The maximum absolute atomic E-state index is 13.6. The number of hydrogen-bond donors (Lipinski definition) is 1. The molecule has 8 heteroatoms. The molecule has 0 bridgehead atoms. The normalized spacial score (nSPS) is 11.4. The lowest BCUT2D eigenvalue weighted by Crippen LogP contribution is -2.15. The van der Waals surface area contributed by atoms with Crippen LogP contribution in [-0.2, 0) is 6.18 Å². The first-order valence-corrected chi connectivity index (χ1v) is 6.58. The molecule has 116 valence electrons. The quantitative estimate of drug-likeness (QED) is 0.720. The van der Waals surface area contributed by atoms with Crippen molar-refractivity contribution in [3.05, 3.63) is 63.4 Å². The second-order valence-corrected chi connectivity index (χ2v) is 5.06. The third kappa shape index (κ3) is 3.51. The van der Waals surface area contributed by atoms with Crippen LogP contribution in [0.25, 0.3) is 0 Å². The molecule has 0 unspecified atom stereocenters. The van der Waals surface area contributed by atoms with Crippen LogP contribution < -0.4 is 5.32 Å². The molecule has 1 amide bonds. The standard InChI is InChI=1S/C14H7Cl2F4NO/c15-9-5-4-7(6-8(9)14(18,19)20)21-13(22)12-10(16)2-1-3-11(12)17/h1-6H,(H,21,22). The number of nitrogens with one attached hydrogen (secondary N) is 1. The summed E-state index contributed by atoms with van der Waals surface area (Å²) in [4.78, 5) is 12.0. The Bertz CT molecular complexity index is 711. The Morgan fingerprint density at radius 3 is 2.32 bits per heavy atom. The lowest BCUT2D eigenvalue weighted by atomic mass is 10.1. The Kier molecular flexibility index (Phi) is 4.63. The highest BCUT2D eigenvalue weighted by atomic mass is 35.5. The highest BCUT2D eigenvalue weighted by molar-refractivity contribution is 6.34. The minimum Gasteiger partial charge on any atom is -0.322 e. The van der Waals surface area contributed by atoms with Gasteiger partial charge < -0.3 is 5.32 Å². The van der Waals surface area contributed by atoms with E-state index in [1.807, 2.05) is 0 Å². The predicted octanol–water partition coefficient (Wildman–Crippen LogP) is 5.40. The van der Waals surface area contributed by atoms with Crippen LogP contribution in [0.3, 0.4) is 0 Å². The molecule has 0 spiro atoms. The first-order valence-electron chi connectivity index (χ1n) is 5.82. The van der Waals surface area contributed by atoms with Crippen molar-refractivity contribution in [1.82, 2.24) is 0 Å². The molecular formula is C14H7Cl2F4NO. The van der Waals surface area contributed by atoms with Gasteiger partial charge in [-0.05, 0) is 30.3 Å². The van der Waals surface area contributed by atoms with E-state index in [1.54, 1.807) is 0 Å². The van der Waals surface area contributed by atoms with Crippen molar-refractivity contribution in [3.8, 4) is 0 Å². The minimum atomic E-state index is -4.67. The highest BCUT2D eigenvalue weighted by Crippen LogP contribution is 2.36. The third-order valence-corrected chi connectivity index (χ3v) is 3.36. The van der Waals surface area contributed by atoms with Crippen LogP contribution in [-0.4, -0.2) is 5.91 Å². The van der Waals surface area contributed by atoms with Crippen LogP contribution in [0.15, 0.2) is 36.4 Å². The maximum atomic E-state index is 13.6. The van der Waals surface area contributed by atoms with E-state index in [0.29, 0.717) is 6.07 Å². The molecule has 0 aromatic heterocycles. The van der Waals surface area contributed by atoms with Crippen LogP contribution in [0, 0.1) is 5.82 Å². The van der Waals surface area contributed by atoms with Crippen molar-refractivity contribution >= 4 is 34.8 Å². The first-order chi connectivity index (χ1) is 10.2. The monoisotopic (exact) mass is 351 g/mol. The zero-order chi connectivity index (χ0) is 16.5. The van der Waals surface area contributed by atoms with Gasteiger partial charge in [0.2, 0.25) is 0 Å². The Morgan fingerprint density at radius 2 is 1.73 bits per heavy atom. The van der Waals surface area contributed by atoms with Gasteiger partial charge in [0.25, 0.3) is 5.91 Å². The lowest BCUT2D eigenvalue weighted by Gasteiger charge is -2.12. The van der Waals surface area contributed by atoms with E-state index in [0.717, 1.165) is 12.1 Å². The van der Waals surface area contributed by atoms with Crippen molar-refractivity contribution in [2.24, 2.45) is 0 Å². The zero-order valence-electron chi connectivity index (χ0n) is 10.6. The van der Waals surface area contributed by atoms with E-state index in [-0.39, 0.29) is 10.7 Å². The largest absolute Gasteiger partial charge is 0.417 e. The molecule has 0 saturated heterocycles. The molecule has 0 atom stereocenters. The van der Waals surface area contributed by atoms with Crippen LogP contribution in [0.4, 0.5) is 23.2 Å². The number of hydrogen-bond acceptors (Lipinski definition) is 1. The third-order valence-electron chi connectivity index (χ3n) is 2.72. The van der Waals surface area contributed by atoms with Gasteiger partial charge in [-0.15, -0.1) is 0 Å². The van der Waals surface area contributed by atoms with E-state index in [1.165, 1.54) is 18.2 Å². The number of amides is 1. The van der Waals surface area contributed by atoms with Crippen molar-refractivity contribution in [3.63, 3.8) is 0 Å². The smallest absolute Gasteiger partial charge is 0.322 e. The summed E-state index contributed by atoms with van der Waals surface area (Å²) < 4.78 is 51.8. The number of carbonyl (C=O) groups is 1. The Balaban J connectivity index is 2.34. The molecule has 0 aliphatic carbocycles. The Morgan fingerprint density at radius 1 is 1.05 bits per heavy atom. The molecular weight excluding hydrogens is 345 g/mol. The molecule has 0 fully saturated rings. The van der Waals surface area contributed by atoms with Crippen LogP contribution in [0.5, 0.6) is 0 Å². The van der Waals surface area contributed by atoms with Gasteiger partial charge in [0.05, 0.1) is 21.2 Å². The fourth-order valence-corrected chi connectivity index (χ4v) is 2.20. The fourth-order valence-electron chi connectivity index (χ4n) is 1.73. The average molecular weight is 352 g/mol. The van der Waals surface area contributed by atoms with Gasteiger partial charge in [-0.1, -0.05) is 29.3 Å². The van der Waals surface area contributed by atoms with E-state index in [4.69, 9.17) is 23.2 Å². The van der Waals surface area contributed by atoms with E-state index >= 15 is 0 Å². The predicted molar refractivity (Wildman–Crippen MR) is 75.8 cm³/mol. The van der Waals surface area contributed by atoms with E-state index < -0.39 is 34.1 Å². The van der Waals surface area contributed by atoms with Crippen molar-refractivity contribution in [2.45, 2.75) is 6.18 Å². The molecule has 22 heavy (non-hydrogen) atoms. The average Bonchev–Trinajstić information content (AvgIpc) is 2.39. The summed E-state index contributed by atoms with van der Waals surface area (Å²) >= 11 is 11.2. The molecule has 2 rings (SSSR count). The topological polar surface area (TPSA) is 29.1 Å². The van der Waals surface area contributed by atoms with Crippen LogP contribution in [0.1, 0.15) is 15.9 Å². The Labute approximate surface area is 132 Å². The Hall–Kier alpha value is -1.79. The molecule has 0 saturated carbocycles. The molecule has 0 aliphatic rings. The molecule has 1 N–H and O–H groups in total. The number of carbonyl (C=O) groups excluding carboxylic acids is 1. The summed E-state index contributed by atoms with van der Waals surface area (Å²) in [5.41, 5.74) is -1.74. The number of alkyl halides is 3. The van der Waals surface area contributed by atoms with Gasteiger partial charge in [0.15, 0.2) is 0 Å². The number of benzene rings is 2. The number of anilines is 1. The molecule has 2 aromatic carbocycles. The lowest BCUT2D eigenvalue weighted by molar-refractivity contribution is -0.137. The zero-order valence-corrected chi connectivity index (χ0v) is 12.2. The van der Waals surface area contributed by atoms with E-state index in [9.17, 15) is 22.4 Å². The molecule has 0 radical (unpaired) electrons. The van der Waals surface area contributed by atoms with Crippen molar-refractivity contribution < 1.29 is 22.4 Å². The van der Waals surface area contributed by atoms with Gasteiger partial charge in [0, 0.05) is 5.69 Å². The second-order valence-electron chi connectivity index (χ2n) is 4.24. The highest BCUT2D eigenvalue weighted by Gasteiger charge is 2.33. The van der Waals surface area contributed by atoms with E-state index in [2.05, 4.69) is 5.32 Å². The minimum absolute atomic E-state index is 0.150. The summed E-state index contributed by atoms with van der Waals surface area (Å²) in [5, 5.41) is 1.50. The first kappa shape index (κ1) is 16.6. The van der Waals surface area contributed by atoms with Crippen LogP contribution >= 0.6 is 23.2 Å².